The second-order valence-corrected chi connectivity index (χ2v) is 16.2. The number of hydrogen-bond donors (Lipinski definition) is 0. The molecule has 221 valence electrons. The number of rotatable bonds is 11. The fourth-order valence-electron chi connectivity index (χ4n) is 5.30. The van der Waals surface area contributed by atoms with E-state index in [-0.39, 0.29) is 24.7 Å². The second kappa shape index (κ2) is 14.4. The van der Waals surface area contributed by atoms with E-state index in [0.717, 1.165) is 27.3 Å². The van der Waals surface area contributed by atoms with Crippen molar-refractivity contribution < 1.29 is 36.1 Å². The molecule has 2 aliphatic heterocycles. The molecule has 8 nitrogen and oxygen atoms in total. The molecule has 2 saturated heterocycles. The fraction of sp³-hybridized carbons (Fsp3) is 0.419. The van der Waals surface area contributed by atoms with Crippen LogP contribution in [0.1, 0.15) is 29.9 Å². The van der Waals surface area contributed by atoms with Crippen molar-refractivity contribution in [3.63, 3.8) is 0 Å². The summed E-state index contributed by atoms with van der Waals surface area (Å²) in [5.41, 5.74) is 3.04. The SMILES string of the molecule is C[C@@H]1C[Se](C[C@@H]2OC(c3ccccc3)OC[C@H]2OS(=O)(=O)[O-])C[C@H](OCc2ccccc2)[C@H]1OCc1ccccc1. The molecular weight excluding hydrogens is 611 g/mol. The van der Waals surface area contributed by atoms with Gasteiger partial charge in [-0.25, -0.2) is 0 Å². The third-order valence-electron chi connectivity index (χ3n) is 7.26. The molecule has 0 amide bonds. The predicted molar refractivity (Wildman–Crippen MR) is 154 cm³/mol. The Hall–Kier alpha value is -2.11. The first-order valence-corrected chi connectivity index (χ1v) is 18.7. The summed E-state index contributed by atoms with van der Waals surface area (Å²) in [6.45, 7) is 3.13. The van der Waals surface area contributed by atoms with E-state index in [9.17, 15) is 13.0 Å². The first-order valence-electron chi connectivity index (χ1n) is 13.8. The summed E-state index contributed by atoms with van der Waals surface area (Å²) in [4.78, 5) is 0. The summed E-state index contributed by atoms with van der Waals surface area (Å²) >= 11 is -1.40. The van der Waals surface area contributed by atoms with Crippen molar-refractivity contribution in [2.24, 2.45) is 5.92 Å². The van der Waals surface area contributed by atoms with Gasteiger partial charge in [-0.2, -0.15) is 0 Å². The predicted octanol–water partition coefficient (Wildman–Crippen LogP) is 5.26. The third kappa shape index (κ3) is 8.94. The minimum absolute atomic E-state index is 0.0448. The van der Waals surface area contributed by atoms with E-state index in [4.69, 9.17) is 23.1 Å². The third-order valence-corrected chi connectivity index (χ3v) is 13.2. The van der Waals surface area contributed by atoms with Gasteiger partial charge in [0.1, 0.15) is 0 Å². The number of hydrogen-bond acceptors (Lipinski definition) is 8. The molecule has 41 heavy (non-hydrogen) atoms. The van der Waals surface area contributed by atoms with Crippen LogP contribution in [0.2, 0.25) is 16.0 Å². The van der Waals surface area contributed by atoms with Crippen LogP contribution in [0.25, 0.3) is 0 Å². The van der Waals surface area contributed by atoms with Gasteiger partial charge in [-0.05, 0) is 0 Å². The van der Waals surface area contributed by atoms with Crippen molar-refractivity contribution in [2.75, 3.05) is 6.61 Å². The molecule has 2 fully saturated rings. The molecular formula is C31H36O8SSe-. The molecule has 0 spiro atoms. The standard InChI is InChI=1S/C31H37O8SSe/c1-23-20-41(21-28-27(39-40(32,33)34)19-37-31(38-28)26-15-9-4-10-16-26)22-29(35-17-24-11-5-2-6-12-24)30(23)36-18-25-13-7-3-8-14-25/h2-16,23,27-31H,17-22H2,1H3,(H,32,33,34)/p-1/t23-,27-,28+,29+,30+,31?/m1/s1. The van der Waals surface area contributed by atoms with Gasteiger partial charge in [-0.1, -0.05) is 0 Å². The fourth-order valence-corrected chi connectivity index (χ4v) is 11.8. The Labute approximate surface area is 246 Å². The number of benzene rings is 3. The van der Waals surface area contributed by atoms with Gasteiger partial charge in [0.05, 0.1) is 0 Å². The van der Waals surface area contributed by atoms with Gasteiger partial charge < -0.3 is 0 Å². The van der Waals surface area contributed by atoms with Crippen molar-refractivity contribution in [3.05, 3.63) is 108 Å². The summed E-state index contributed by atoms with van der Waals surface area (Å²) < 4.78 is 64.6. The van der Waals surface area contributed by atoms with E-state index in [1.807, 2.05) is 78.9 Å². The Morgan fingerprint density at radius 2 is 1.41 bits per heavy atom. The number of ether oxygens (including phenoxy) is 4. The summed E-state index contributed by atoms with van der Waals surface area (Å²) in [7, 11) is -4.92. The van der Waals surface area contributed by atoms with Crippen LogP contribution in [-0.4, -0.2) is 57.9 Å². The van der Waals surface area contributed by atoms with Gasteiger partial charge in [0.15, 0.2) is 0 Å². The normalized spacial score (nSPS) is 27.5. The average molecular weight is 648 g/mol. The summed E-state index contributed by atoms with van der Waals surface area (Å²) in [6.07, 6.45) is -2.45. The molecule has 0 N–H and O–H groups in total. The molecule has 1 unspecified atom stereocenters. The van der Waals surface area contributed by atoms with Crippen molar-refractivity contribution in [3.8, 4) is 0 Å². The van der Waals surface area contributed by atoms with Gasteiger partial charge in [-0.15, -0.1) is 0 Å². The average Bonchev–Trinajstić information content (AvgIpc) is 2.97. The van der Waals surface area contributed by atoms with E-state index in [1.54, 1.807) is 0 Å². The first kappa shape index (κ1) is 30.4. The molecule has 0 saturated carbocycles. The summed E-state index contributed by atoms with van der Waals surface area (Å²) in [5, 5.41) is 2.40. The van der Waals surface area contributed by atoms with E-state index in [2.05, 4.69) is 19.1 Å². The first-order chi connectivity index (χ1) is 19.8. The zero-order chi connectivity index (χ0) is 28.7. The zero-order valence-electron chi connectivity index (χ0n) is 22.9. The van der Waals surface area contributed by atoms with Gasteiger partial charge in [0.25, 0.3) is 0 Å². The molecule has 0 aliphatic carbocycles. The molecule has 0 bridgehead atoms. The van der Waals surface area contributed by atoms with Crippen LogP contribution < -0.4 is 0 Å². The zero-order valence-corrected chi connectivity index (χ0v) is 25.5. The molecule has 2 aliphatic rings. The van der Waals surface area contributed by atoms with E-state index < -0.39 is 42.8 Å². The molecule has 5 rings (SSSR count). The second-order valence-electron chi connectivity index (χ2n) is 10.5. The van der Waals surface area contributed by atoms with Crippen LogP contribution >= 0.6 is 0 Å². The van der Waals surface area contributed by atoms with E-state index in [1.165, 1.54) is 0 Å². The topological polar surface area (TPSA) is 103 Å². The van der Waals surface area contributed by atoms with Crippen LogP contribution in [0.5, 0.6) is 0 Å². The van der Waals surface area contributed by atoms with Crippen molar-refractivity contribution in [1.82, 2.24) is 0 Å². The maximum atomic E-state index is 11.5. The molecule has 2 heterocycles. The van der Waals surface area contributed by atoms with Gasteiger partial charge >= 0.3 is 247 Å². The molecule has 3 aromatic rings. The van der Waals surface area contributed by atoms with Crippen LogP contribution in [0.4, 0.5) is 0 Å². The molecule has 0 aromatic heterocycles. The Kier molecular flexibility index (Phi) is 10.6. The van der Waals surface area contributed by atoms with E-state index >= 15 is 0 Å². The Bertz CT molecular complexity index is 1310. The Morgan fingerprint density at radius 1 is 0.829 bits per heavy atom. The van der Waals surface area contributed by atoms with Crippen molar-refractivity contribution in [2.45, 2.75) is 66.8 Å². The van der Waals surface area contributed by atoms with Crippen LogP contribution in [-0.2, 0) is 46.7 Å². The van der Waals surface area contributed by atoms with Crippen LogP contribution in [0, 0.1) is 5.92 Å². The van der Waals surface area contributed by atoms with Crippen LogP contribution in [0.15, 0.2) is 91.0 Å². The Balaban J connectivity index is 1.30. The molecule has 3 aromatic carbocycles. The monoisotopic (exact) mass is 648 g/mol. The summed E-state index contributed by atoms with van der Waals surface area (Å²) in [6, 6.07) is 29.7. The minimum atomic E-state index is -4.92. The molecule has 10 heteroatoms. The quantitative estimate of drug-likeness (QED) is 0.158. The van der Waals surface area contributed by atoms with Gasteiger partial charge in [0.2, 0.25) is 0 Å². The van der Waals surface area contributed by atoms with E-state index in [0.29, 0.717) is 18.5 Å². The van der Waals surface area contributed by atoms with Crippen molar-refractivity contribution >= 4 is 24.3 Å². The maximum absolute atomic E-state index is 11.5. The molecule has 1 radical (unpaired) electrons. The van der Waals surface area contributed by atoms with Crippen molar-refractivity contribution in [1.29, 1.82) is 0 Å². The summed E-state index contributed by atoms with van der Waals surface area (Å²) in [5.74, 6) is 0.227. The van der Waals surface area contributed by atoms with Gasteiger partial charge in [-0.3, -0.25) is 0 Å². The van der Waals surface area contributed by atoms with Gasteiger partial charge in [0, 0.05) is 0 Å². The van der Waals surface area contributed by atoms with Crippen LogP contribution in [0.3, 0.4) is 0 Å². The Morgan fingerprint density at radius 3 is 2.02 bits per heavy atom. The molecule has 6 atom stereocenters.